The van der Waals surface area contributed by atoms with E-state index in [1.165, 1.54) is 0 Å². The van der Waals surface area contributed by atoms with Gasteiger partial charge in [0.15, 0.2) is 5.78 Å². The molecular formula is C21H35N3O3. The van der Waals surface area contributed by atoms with E-state index in [1.807, 2.05) is 58.9 Å². The molecule has 0 radical (unpaired) electrons. The van der Waals surface area contributed by atoms with Crippen LogP contribution in [0.25, 0.3) is 0 Å². The highest BCUT2D eigenvalue weighted by Gasteiger charge is 2.29. The Labute approximate surface area is 163 Å². The van der Waals surface area contributed by atoms with Gasteiger partial charge in [-0.2, -0.15) is 0 Å². The molecule has 1 aromatic carbocycles. The van der Waals surface area contributed by atoms with Gasteiger partial charge in [-0.3, -0.25) is 9.59 Å². The highest BCUT2D eigenvalue weighted by atomic mass is 16.5. The number of ether oxygens (including phenoxy) is 1. The lowest BCUT2D eigenvalue weighted by Crippen LogP contribution is -2.45. The van der Waals surface area contributed by atoms with Crippen LogP contribution in [0.4, 0.5) is 5.69 Å². The van der Waals surface area contributed by atoms with E-state index in [0.717, 1.165) is 30.5 Å². The van der Waals surface area contributed by atoms with E-state index in [-0.39, 0.29) is 30.3 Å². The number of rotatable bonds is 11. The average molecular weight is 378 g/mol. The van der Waals surface area contributed by atoms with Crippen molar-refractivity contribution in [1.82, 2.24) is 5.43 Å². The topological polar surface area (TPSA) is 93.4 Å². The van der Waals surface area contributed by atoms with Crippen LogP contribution in [0, 0.1) is 11.3 Å². The molecule has 0 saturated carbocycles. The number of carbonyl (C=O) groups is 2. The molecule has 0 aliphatic heterocycles. The Morgan fingerprint density at radius 3 is 2.26 bits per heavy atom. The summed E-state index contributed by atoms with van der Waals surface area (Å²) in [4.78, 5) is 24.2. The van der Waals surface area contributed by atoms with E-state index < -0.39 is 5.41 Å². The highest BCUT2D eigenvalue weighted by Crippen LogP contribution is 2.20. The number of benzene rings is 1. The predicted octanol–water partition coefficient (Wildman–Crippen LogP) is 3.42. The first-order valence-electron chi connectivity index (χ1n) is 9.66. The zero-order chi connectivity index (χ0) is 20.4. The summed E-state index contributed by atoms with van der Waals surface area (Å²) in [6.45, 7) is 10.3. The van der Waals surface area contributed by atoms with Crippen LogP contribution < -0.4 is 16.6 Å². The quantitative estimate of drug-likeness (QED) is 0.311. The molecule has 6 heteroatoms. The summed E-state index contributed by atoms with van der Waals surface area (Å²) < 4.78 is 5.22. The van der Waals surface area contributed by atoms with Gasteiger partial charge in [-0.1, -0.05) is 53.2 Å². The third-order valence-electron chi connectivity index (χ3n) is 4.20. The van der Waals surface area contributed by atoms with E-state index in [2.05, 4.69) is 10.9 Å². The first kappa shape index (κ1) is 23.1. The normalized spacial score (nSPS) is 12.7. The van der Waals surface area contributed by atoms with Crippen molar-refractivity contribution in [3.05, 3.63) is 29.8 Å². The summed E-state index contributed by atoms with van der Waals surface area (Å²) in [7, 11) is 0. The van der Waals surface area contributed by atoms with Crippen LogP contribution in [0.15, 0.2) is 24.3 Å². The van der Waals surface area contributed by atoms with Crippen LogP contribution >= 0.6 is 0 Å². The number of nitrogens with one attached hydrogen (secondary N) is 2. The molecule has 0 aliphatic carbocycles. The summed E-state index contributed by atoms with van der Waals surface area (Å²) in [5.74, 6) is -0.171. The average Bonchev–Trinajstić information content (AvgIpc) is 2.62. The zero-order valence-electron chi connectivity index (χ0n) is 17.3. The number of hydrazine groups is 1. The maximum Gasteiger partial charge on any atom is 0.308 e. The lowest BCUT2D eigenvalue weighted by Gasteiger charge is -2.26. The van der Waals surface area contributed by atoms with Crippen molar-refractivity contribution in [2.45, 2.75) is 66.5 Å². The van der Waals surface area contributed by atoms with Crippen molar-refractivity contribution < 1.29 is 14.3 Å². The minimum absolute atomic E-state index is 0.133. The van der Waals surface area contributed by atoms with Gasteiger partial charge in [0.2, 0.25) is 0 Å². The Kier molecular flexibility index (Phi) is 9.46. The molecular weight excluding hydrogens is 342 g/mol. The van der Waals surface area contributed by atoms with Crippen molar-refractivity contribution in [3.8, 4) is 0 Å². The second kappa shape index (κ2) is 11.0. The van der Waals surface area contributed by atoms with Crippen molar-refractivity contribution in [2.24, 2.45) is 17.1 Å². The smallest absolute Gasteiger partial charge is 0.308 e. The lowest BCUT2D eigenvalue weighted by molar-refractivity contribution is -0.148. The van der Waals surface area contributed by atoms with Gasteiger partial charge in [0, 0.05) is 11.1 Å². The molecule has 1 atom stereocenters. The van der Waals surface area contributed by atoms with Crippen molar-refractivity contribution in [3.63, 3.8) is 0 Å². The SMILES string of the molecule is CC(C)C(=O)OCc1ccc(NN[C@@H](CCCCN)C(=O)C(C)(C)C)cc1. The first-order valence-corrected chi connectivity index (χ1v) is 9.66. The molecule has 0 spiro atoms. The van der Waals surface area contributed by atoms with Crippen LogP contribution in [0.2, 0.25) is 0 Å². The largest absolute Gasteiger partial charge is 0.461 e. The monoisotopic (exact) mass is 377 g/mol. The second-order valence-electron chi connectivity index (χ2n) is 8.18. The first-order chi connectivity index (χ1) is 12.6. The summed E-state index contributed by atoms with van der Waals surface area (Å²) in [5, 5.41) is 0. The summed E-state index contributed by atoms with van der Waals surface area (Å²) in [6, 6.07) is 7.30. The van der Waals surface area contributed by atoms with E-state index >= 15 is 0 Å². The molecule has 0 bridgehead atoms. The predicted molar refractivity (Wildman–Crippen MR) is 109 cm³/mol. The summed E-state index contributed by atoms with van der Waals surface area (Å²) in [6.07, 6.45) is 2.54. The minimum Gasteiger partial charge on any atom is -0.461 e. The number of carbonyl (C=O) groups excluding carboxylic acids is 2. The standard InChI is InChI=1S/C21H35N3O3/c1-15(2)20(26)27-14-16-9-11-17(12-10-16)23-24-18(8-6-7-13-22)19(25)21(3,4)5/h9-12,15,18,23-24H,6-8,13-14,22H2,1-5H3/t18-/m0/s1. The number of Topliss-reactive ketones (excluding diaryl/α,β-unsaturated/α-hetero) is 1. The Balaban J connectivity index is 2.61. The molecule has 0 aliphatic rings. The van der Waals surface area contributed by atoms with Gasteiger partial charge >= 0.3 is 5.97 Å². The Morgan fingerprint density at radius 2 is 1.74 bits per heavy atom. The number of anilines is 1. The minimum atomic E-state index is -0.411. The molecule has 0 heterocycles. The Hall–Kier alpha value is -1.92. The molecule has 1 aromatic rings. The molecule has 6 nitrogen and oxygen atoms in total. The van der Waals surface area contributed by atoms with E-state index in [1.54, 1.807) is 0 Å². The fraction of sp³-hybridized carbons (Fsp3) is 0.619. The van der Waals surface area contributed by atoms with Gasteiger partial charge in [0.1, 0.15) is 6.61 Å². The van der Waals surface area contributed by atoms with Gasteiger partial charge in [0.05, 0.1) is 12.0 Å². The summed E-state index contributed by atoms with van der Waals surface area (Å²) >= 11 is 0. The molecule has 27 heavy (non-hydrogen) atoms. The van der Waals surface area contributed by atoms with Gasteiger partial charge < -0.3 is 15.9 Å². The van der Waals surface area contributed by atoms with Gasteiger partial charge in [-0.15, -0.1) is 0 Å². The van der Waals surface area contributed by atoms with Crippen LogP contribution in [-0.4, -0.2) is 24.3 Å². The van der Waals surface area contributed by atoms with Crippen LogP contribution in [-0.2, 0) is 20.9 Å². The number of hydrogen-bond donors (Lipinski definition) is 3. The molecule has 1 rings (SSSR count). The van der Waals surface area contributed by atoms with Crippen molar-refractivity contribution >= 4 is 17.4 Å². The zero-order valence-corrected chi connectivity index (χ0v) is 17.3. The number of ketones is 1. The maximum atomic E-state index is 12.7. The van der Waals surface area contributed by atoms with E-state index in [0.29, 0.717) is 6.54 Å². The Bertz CT molecular complexity index is 592. The molecule has 0 amide bonds. The van der Waals surface area contributed by atoms with Crippen LogP contribution in [0.3, 0.4) is 0 Å². The second-order valence-corrected chi connectivity index (χ2v) is 8.18. The lowest BCUT2D eigenvalue weighted by atomic mass is 9.85. The van der Waals surface area contributed by atoms with Crippen LogP contribution in [0.5, 0.6) is 0 Å². The number of unbranched alkanes of at least 4 members (excludes halogenated alkanes) is 1. The highest BCUT2D eigenvalue weighted by molar-refractivity contribution is 5.88. The number of nitrogens with two attached hydrogens (primary N) is 1. The Morgan fingerprint density at radius 1 is 1.11 bits per heavy atom. The van der Waals surface area contributed by atoms with E-state index in [4.69, 9.17) is 10.5 Å². The van der Waals surface area contributed by atoms with E-state index in [9.17, 15) is 9.59 Å². The van der Waals surface area contributed by atoms with Crippen molar-refractivity contribution in [2.75, 3.05) is 12.0 Å². The molecule has 0 aromatic heterocycles. The maximum absolute atomic E-state index is 12.7. The van der Waals surface area contributed by atoms with Crippen LogP contribution in [0.1, 0.15) is 59.4 Å². The number of esters is 1. The molecule has 0 fully saturated rings. The molecule has 0 saturated heterocycles. The molecule has 152 valence electrons. The third kappa shape index (κ3) is 8.54. The van der Waals surface area contributed by atoms with Gasteiger partial charge in [-0.05, 0) is 37.1 Å². The summed E-state index contributed by atoms with van der Waals surface area (Å²) in [5.41, 5.74) is 13.2. The van der Waals surface area contributed by atoms with Gasteiger partial charge in [-0.25, -0.2) is 5.43 Å². The number of hydrogen-bond acceptors (Lipinski definition) is 6. The fourth-order valence-corrected chi connectivity index (χ4v) is 2.46. The third-order valence-corrected chi connectivity index (χ3v) is 4.20. The molecule has 0 unspecified atom stereocenters. The molecule has 4 N–H and O–H groups in total. The fourth-order valence-electron chi connectivity index (χ4n) is 2.46. The van der Waals surface area contributed by atoms with Crippen molar-refractivity contribution in [1.29, 1.82) is 0 Å². The van der Waals surface area contributed by atoms with Gasteiger partial charge in [0.25, 0.3) is 0 Å².